The maximum atomic E-state index is 4.88. The van der Waals surface area contributed by atoms with Gasteiger partial charge < -0.3 is 9.84 Å². The molecule has 1 N–H and O–H groups in total. The van der Waals surface area contributed by atoms with E-state index in [0.29, 0.717) is 5.76 Å². The second-order valence-corrected chi connectivity index (χ2v) is 2.74. The lowest BCUT2D eigenvalue weighted by Gasteiger charge is -2.05. The fourth-order valence-corrected chi connectivity index (χ4v) is 1.05. The molecule has 3 nitrogen and oxygen atoms in total. The van der Waals surface area contributed by atoms with E-state index in [1.807, 2.05) is 19.1 Å². The zero-order valence-electron chi connectivity index (χ0n) is 7.58. The molecule has 0 saturated heterocycles. The first kappa shape index (κ1) is 10.0. The molecular weight excluding hydrogens is 183 g/mol. The van der Waals surface area contributed by atoms with Crippen molar-refractivity contribution in [3.63, 3.8) is 0 Å². The molecule has 0 radical (unpaired) electrons. The Hall–Kier alpha value is -1.08. The van der Waals surface area contributed by atoms with E-state index in [0.717, 1.165) is 17.9 Å². The Morgan fingerprint density at radius 1 is 1.69 bits per heavy atom. The number of nitrogens with zero attached hydrogens (tertiary/aromatic N) is 1. The van der Waals surface area contributed by atoms with Gasteiger partial charge in [-0.05, 0) is 19.1 Å². The zero-order chi connectivity index (χ0) is 9.68. The summed E-state index contributed by atoms with van der Waals surface area (Å²) in [5.41, 5.74) is 1.75. The summed E-state index contributed by atoms with van der Waals surface area (Å²) in [4.78, 5) is 4.17. The van der Waals surface area contributed by atoms with Crippen LogP contribution in [0.1, 0.15) is 12.6 Å². The topological polar surface area (TPSA) is 34.1 Å². The van der Waals surface area contributed by atoms with E-state index in [1.54, 1.807) is 6.20 Å². The molecule has 0 aromatic carbocycles. The van der Waals surface area contributed by atoms with Gasteiger partial charge in [-0.25, -0.2) is 0 Å². The third-order valence-corrected chi connectivity index (χ3v) is 1.86. The first-order valence-corrected chi connectivity index (χ1v) is 4.51. The summed E-state index contributed by atoms with van der Waals surface area (Å²) in [6, 6.07) is 3.81. The summed E-state index contributed by atoms with van der Waals surface area (Å²) in [6.07, 6.45) is 1.76. The van der Waals surface area contributed by atoms with Crippen molar-refractivity contribution < 1.29 is 4.52 Å². The molecule has 1 aromatic heterocycles. The number of nitrogens with one attached hydrogen (secondary N) is 1. The predicted molar refractivity (Wildman–Crippen MR) is 58.2 cm³/mol. The monoisotopic (exact) mass is 196 g/mol. The molecule has 0 bridgehead atoms. The number of pyridine rings is 1. The Morgan fingerprint density at radius 3 is 2.92 bits per heavy atom. The molecule has 13 heavy (non-hydrogen) atoms. The van der Waals surface area contributed by atoms with Gasteiger partial charge in [0.25, 0.3) is 0 Å². The Kier molecular flexibility index (Phi) is 3.71. The summed E-state index contributed by atoms with van der Waals surface area (Å²) in [5.74, 6) is 0.549. The maximum Gasteiger partial charge on any atom is 0.140 e. The van der Waals surface area contributed by atoms with E-state index < -0.39 is 0 Å². The molecule has 0 amide bonds. The van der Waals surface area contributed by atoms with Gasteiger partial charge in [0.05, 0.1) is 21.4 Å². The number of hydrogen-bond acceptors (Lipinski definition) is 3. The van der Waals surface area contributed by atoms with Crippen LogP contribution in [0.25, 0.3) is 5.76 Å². The summed E-state index contributed by atoms with van der Waals surface area (Å²) >= 11 is 0. The average molecular weight is 196 g/mol. The van der Waals surface area contributed by atoms with Gasteiger partial charge >= 0.3 is 0 Å². The highest BCUT2D eigenvalue weighted by atomic mass is 31.0. The van der Waals surface area contributed by atoms with Crippen molar-refractivity contribution in [2.75, 3.05) is 11.9 Å². The molecule has 1 aromatic rings. The van der Waals surface area contributed by atoms with Gasteiger partial charge in [-0.1, -0.05) is 6.58 Å². The summed E-state index contributed by atoms with van der Waals surface area (Å²) in [5, 5.41) is 3.15. The predicted octanol–water partition coefficient (Wildman–Crippen LogP) is 2.29. The number of hydrogen-bond donors (Lipinski definition) is 1. The van der Waals surface area contributed by atoms with Crippen LogP contribution in [0.5, 0.6) is 0 Å². The van der Waals surface area contributed by atoms with Gasteiger partial charge in [-0.3, -0.25) is 4.98 Å². The van der Waals surface area contributed by atoms with Crippen molar-refractivity contribution in [1.29, 1.82) is 0 Å². The largest absolute Gasteiger partial charge is 0.479 e. The highest BCUT2D eigenvalue weighted by molar-refractivity contribution is 7.10. The van der Waals surface area contributed by atoms with Crippen LogP contribution in [0.4, 0.5) is 5.69 Å². The molecule has 0 aliphatic carbocycles. The second kappa shape index (κ2) is 4.83. The molecule has 0 spiro atoms. The Labute approximate surface area is 80.5 Å². The van der Waals surface area contributed by atoms with Crippen molar-refractivity contribution >= 4 is 20.9 Å². The average Bonchev–Trinajstić information content (AvgIpc) is 2.18. The molecular formula is C9H13N2OP. The number of rotatable bonds is 4. The lowest BCUT2D eigenvalue weighted by atomic mass is 10.3. The van der Waals surface area contributed by atoms with Gasteiger partial charge in [-0.15, -0.1) is 0 Å². The van der Waals surface area contributed by atoms with Crippen molar-refractivity contribution in [2.45, 2.75) is 6.92 Å². The van der Waals surface area contributed by atoms with Gasteiger partial charge in [0.1, 0.15) is 11.5 Å². The standard InChI is InChI=1S/C9H13N2OP/c1-3-10-8-4-5-9(11-6-8)7(2)12-13/h4-6,10H,2-3,13H2,1H3. The lowest BCUT2D eigenvalue weighted by Crippen LogP contribution is -1.97. The SMILES string of the molecule is C=C(OP)c1ccc(NCC)cn1. The third kappa shape index (κ3) is 2.71. The van der Waals surface area contributed by atoms with Gasteiger partial charge in [0.15, 0.2) is 0 Å². The second-order valence-electron chi connectivity index (χ2n) is 2.50. The molecule has 0 aliphatic heterocycles. The van der Waals surface area contributed by atoms with Crippen LogP contribution in [0.2, 0.25) is 0 Å². The lowest BCUT2D eigenvalue weighted by molar-refractivity contribution is 0.601. The first-order valence-electron chi connectivity index (χ1n) is 4.04. The highest BCUT2D eigenvalue weighted by Crippen LogP contribution is 2.15. The van der Waals surface area contributed by atoms with Crippen LogP contribution < -0.4 is 5.32 Å². The molecule has 1 atom stereocenters. The molecule has 1 heterocycles. The fraction of sp³-hybridized carbons (Fsp3) is 0.222. The van der Waals surface area contributed by atoms with E-state index >= 15 is 0 Å². The van der Waals surface area contributed by atoms with E-state index in [2.05, 4.69) is 26.3 Å². The quantitative estimate of drug-likeness (QED) is 0.592. The van der Waals surface area contributed by atoms with Crippen molar-refractivity contribution in [2.24, 2.45) is 0 Å². The molecule has 0 aliphatic rings. The Bertz CT molecular complexity index is 284. The minimum atomic E-state index is 0.549. The van der Waals surface area contributed by atoms with E-state index in [9.17, 15) is 0 Å². The van der Waals surface area contributed by atoms with E-state index in [-0.39, 0.29) is 0 Å². The Balaban J connectivity index is 2.75. The summed E-state index contributed by atoms with van der Waals surface area (Å²) < 4.78 is 4.88. The van der Waals surface area contributed by atoms with Gasteiger partial charge in [-0.2, -0.15) is 0 Å². The third-order valence-electron chi connectivity index (χ3n) is 1.57. The minimum absolute atomic E-state index is 0.549. The summed E-state index contributed by atoms with van der Waals surface area (Å²) in [6.45, 7) is 6.62. The van der Waals surface area contributed by atoms with E-state index in [4.69, 9.17) is 4.52 Å². The molecule has 1 unspecified atom stereocenters. The smallest absolute Gasteiger partial charge is 0.140 e. The highest BCUT2D eigenvalue weighted by Gasteiger charge is 1.98. The molecule has 0 saturated carbocycles. The zero-order valence-corrected chi connectivity index (χ0v) is 8.73. The normalized spacial score (nSPS) is 9.38. The van der Waals surface area contributed by atoms with Crippen molar-refractivity contribution in [3.05, 3.63) is 30.6 Å². The van der Waals surface area contributed by atoms with Crippen LogP contribution in [-0.4, -0.2) is 11.5 Å². The Morgan fingerprint density at radius 2 is 2.46 bits per heavy atom. The van der Waals surface area contributed by atoms with Crippen LogP contribution in [0.15, 0.2) is 24.9 Å². The molecule has 0 fully saturated rings. The maximum absolute atomic E-state index is 4.88. The van der Waals surface area contributed by atoms with Crippen LogP contribution in [-0.2, 0) is 4.52 Å². The number of aromatic nitrogens is 1. The first-order chi connectivity index (χ1) is 6.27. The van der Waals surface area contributed by atoms with E-state index in [1.165, 1.54) is 0 Å². The van der Waals surface area contributed by atoms with Crippen molar-refractivity contribution in [3.8, 4) is 0 Å². The molecule has 1 rings (SSSR count). The molecule has 70 valence electrons. The van der Waals surface area contributed by atoms with Gasteiger partial charge in [0.2, 0.25) is 0 Å². The van der Waals surface area contributed by atoms with Crippen LogP contribution in [0, 0.1) is 0 Å². The van der Waals surface area contributed by atoms with Crippen LogP contribution >= 0.6 is 9.47 Å². The summed E-state index contributed by atoms with van der Waals surface area (Å²) in [7, 11) is 2.15. The fourth-order valence-electron chi connectivity index (χ4n) is 0.928. The van der Waals surface area contributed by atoms with Crippen molar-refractivity contribution in [1.82, 2.24) is 4.98 Å². The minimum Gasteiger partial charge on any atom is -0.479 e. The number of anilines is 1. The van der Waals surface area contributed by atoms with Gasteiger partial charge in [0, 0.05) is 6.54 Å². The van der Waals surface area contributed by atoms with Crippen LogP contribution in [0.3, 0.4) is 0 Å². The molecule has 4 heteroatoms.